The molecule has 3 fully saturated rings. The highest BCUT2D eigenvalue weighted by atomic mass is 16.5. The molecule has 0 spiro atoms. The van der Waals surface area contributed by atoms with E-state index in [1.807, 2.05) is 41.3 Å². The van der Waals surface area contributed by atoms with Gasteiger partial charge in [-0.1, -0.05) is 56.7 Å². The van der Waals surface area contributed by atoms with Crippen molar-refractivity contribution in [3.63, 3.8) is 0 Å². The average Bonchev–Trinajstić information content (AvgIpc) is 3.19. The minimum absolute atomic E-state index is 0.00840. The van der Waals surface area contributed by atoms with Gasteiger partial charge in [0.1, 0.15) is 6.61 Å². The number of benzene rings is 2. The fraction of sp³-hybridized carbons (Fsp3) is 0.567. The van der Waals surface area contributed by atoms with Crippen molar-refractivity contribution in [2.75, 3.05) is 33.4 Å². The number of likely N-dealkylation sites (tertiary alicyclic amines) is 1. The van der Waals surface area contributed by atoms with Crippen LogP contribution in [0.4, 0.5) is 0 Å². The molecule has 1 amide bonds. The lowest BCUT2D eigenvalue weighted by Gasteiger charge is -2.29. The molecule has 5 rings (SSSR count). The third kappa shape index (κ3) is 5.06. The molecule has 1 saturated heterocycles. The van der Waals surface area contributed by atoms with Crippen LogP contribution in [0.2, 0.25) is 0 Å². The highest BCUT2D eigenvalue weighted by Gasteiger charge is 2.52. The fourth-order valence-corrected chi connectivity index (χ4v) is 6.46. The molecule has 0 radical (unpaired) electrons. The van der Waals surface area contributed by atoms with Crippen molar-refractivity contribution in [2.24, 2.45) is 23.2 Å². The molecular formula is C30H39NO4. The van der Waals surface area contributed by atoms with Gasteiger partial charge >= 0.3 is 0 Å². The summed E-state index contributed by atoms with van der Waals surface area (Å²) >= 11 is 0. The van der Waals surface area contributed by atoms with E-state index in [-0.39, 0.29) is 23.8 Å². The quantitative estimate of drug-likeness (QED) is 0.442. The second-order valence-electron chi connectivity index (χ2n) is 11.0. The van der Waals surface area contributed by atoms with Gasteiger partial charge in [0.15, 0.2) is 11.5 Å². The summed E-state index contributed by atoms with van der Waals surface area (Å²) in [5.41, 5.74) is 2.31. The first-order valence-corrected chi connectivity index (χ1v) is 13.2. The highest BCUT2D eigenvalue weighted by molar-refractivity contribution is 5.78. The summed E-state index contributed by atoms with van der Waals surface area (Å²) in [4.78, 5) is 15.0. The fourth-order valence-electron chi connectivity index (χ4n) is 6.46. The first-order valence-electron chi connectivity index (χ1n) is 13.2. The van der Waals surface area contributed by atoms with Crippen LogP contribution in [-0.4, -0.2) is 44.2 Å². The minimum Gasteiger partial charge on any atom is -0.493 e. The molecule has 0 N–H and O–H groups in total. The predicted octanol–water partition coefficient (Wildman–Crippen LogP) is 5.68. The van der Waals surface area contributed by atoms with E-state index in [1.165, 1.54) is 24.8 Å². The van der Waals surface area contributed by atoms with Gasteiger partial charge in [-0.05, 0) is 65.7 Å². The van der Waals surface area contributed by atoms with Gasteiger partial charge in [-0.25, -0.2) is 0 Å². The molecule has 188 valence electrons. The molecule has 1 aliphatic heterocycles. The number of methoxy groups -OCH3 is 1. The summed E-state index contributed by atoms with van der Waals surface area (Å²) in [6, 6.07) is 16.3. The molecule has 2 saturated carbocycles. The molecular weight excluding hydrogens is 438 g/mol. The maximum Gasteiger partial charge on any atom is 0.248 e. The number of rotatable bonds is 10. The number of carbonyl (C=O) groups is 1. The van der Waals surface area contributed by atoms with Crippen LogP contribution in [0.15, 0.2) is 48.5 Å². The zero-order valence-electron chi connectivity index (χ0n) is 21.4. The summed E-state index contributed by atoms with van der Waals surface area (Å²) < 4.78 is 17.7. The van der Waals surface area contributed by atoms with E-state index in [1.54, 1.807) is 7.11 Å². The zero-order chi connectivity index (χ0) is 24.4. The lowest BCUT2D eigenvalue weighted by Crippen LogP contribution is -2.33. The standard InChI is InChI=1S/C30H39NO4/c1-4-30(2)20-31(29(32)19-34-17-21-9-6-5-7-10-21)16-26(30)22-13-14-27(33-3)28(15-22)35-18-25-23-11-8-12-24(23)25/h5-7,9-10,13-15,23-26H,4,8,11-12,16-20H2,1-3H3. The summed E-state index contributed by atoms with van der Waals surface area (Å²) in [6.07, 6.45) is 5.12. The van der Waals surface area contributed by atoms with Crippen molar-refractivity contribution in [1.82, 2.24) is 4.90 Å². The van der Waals surface area contributed by atoms with Gasteiger partial charge in [0.25, 0.3) is 0 Å². The number of hydrogen-bond donors (Lipinski definition) is 0. The number of fused-ring (bicyclic) bond motifs is 1. The maximum atomic E-state index is 13.0. The minimum atomic E-state index is 0.00840. The van der Waals surface area contributed by atoms with Gasteiger partial charge in [-0.15, -0.1) is 0 Å². The summed E-state index contributed by atoms with van der Waals surface area (Å²) in [5, 5.41) is 0. The van der Waals surface area contributed by atoms with Gasteiger partial charge in [0.2, 0.25) is 5.91 Å². The van der Waals surface area contributed by atoms with Crippen molar-refractivity contribution in [3.05, 3.63) is 59.7 Å². The number of ether oxygens (including phenoxy) is 3. The molecule has 0 aromatic heterocycles. The first-order chi connectivity index (χ1) is 17.0. The lowest BCUT2D eigenvalue weighted by atomic mass is 9.74. The number of amides is 1. The monoisotopic (exact) mass is 477 g/mol. The molecule has 5 nitrogen and oxygen atoms in total. The van der Waals surface area contributed by atoms with Gasteiger partial charge in [0, 0.05) is 19.0 Å². The topological polar surface area (TPSA) is 48.0 Å². The van der Waals surface area contributed by atoms with E-state index in [0.29, 0.717) is 19.1 Å². The van der Waals surface area contributed by atoms with Crippen LogP contribution in [0, 0.1) is 23.2 Å². The number of nitrogens with zero attached hydrogens (tertiary/aromatic N) is 1. The molecule has 4 unspecified atom stereocenters. The number of carbonyl (C=O) groups excluding carboxylic acids is 1. The zero-order valence-corrected chi connectivity index (χ0v) is 21.4. The lowest BCUT2D eigenvalue weighted by molar-refractivity contribution is -0.135. The summed E-state index contributed by atoms with van der Waals surface area (Å²) in [5.74, 6) is 4.42. The van der Waals surface area contributed by atoms with E-state index in [9.17, 15) is 4.79 Å². The highest BCUT2D eigenvalue weighted by Crippen LogP contribution is 2.57. The molecule has 3 aliphatic rings. The van der Waals surface area contributed by atoms with Crippen LogP contribution in [0.3, 0.4) is 0 Å². The molecule has 2 aromatic rings. The maximum absolute atomic E-state index is 13.0. The van der Waals surface area contributed by atoms with Crippen LogP contribution in [0.5, 0.6) is 11.5 Å². The van der Waals surface area contributed by atoms with Gasteiger partial charge in [-0.3, -0.25) is 4.79 Å². The smallest absolute Gasteiger partial charge is 0.248 e. The van der Waals surface area contributed by atoms with Gasteiger partial charge < -0.3 is 19.1 Å². The van der Waals surface area contributed by atoms with Crippen molar-refractivity contribution in [3.8, 4) is 11.5 Å². The molecule has 0 bridgehead atoms. The first kappa shape index (κ1) is 24.2. The van der Waals surface area contributed by atoms with Crippen LogP contribution in [0.1, 0.15) is 56.6 Å². The van der Waals surface area contributed by atoms with Crippen molar-refractivity contribution in [2.45, 2.75) is 52.1 Å². The van der Waals surface area contributed by atoms with Crippen molar-refractivity contribution < 1.29 is 19.0 Å². The predicted molar refractivity (Wildman–Crippen MR) is 137 cm³/mol. The molecule has 1 heterocycles. The molecule has 35 heavy (non-hydrogen) atoms. The van der Waals surface area contributed by atoms with E-state index in [4.69, 9.17) is 14.2 Å². The largest absolute Gasteiger partial charge is 0.493 e. The van der Waals surface area contributed by atoms with Gasteiger partial charge in [-0.2, -0.15) is 0 Å². The summed E-state index contributed by atoms with van der Waals surface area (Å²) in [7, 11) is 1.70. The Hall–Kier alpha value is -2.53. The van der Waals surface area contributed by atoms with E-state index < -0.39 is 0 Å². The van der Waals surface area contributed by atoms with Crippen molar-refractivity contribution in [1.29, 1.82) is 0 Å². The average molecular weight is 478 g/mol. The Morgan fingerprint density at radius 1 is 1.09 bits per heavy atom. The SMILES string of the molecule is CCC1(C)CN(C(=O)COCc2ccccc2)CC1c1ccc(OC)c(OCC2C3CCCC32)c1. The van der Waals surface area contributed by atoms with Crippen LogP contribution < -0.4 is 9.47 Å². The Balaban J connectivity index is 1.24. The summed E-state index contributed by atoms with van der Waals surface area (Å²) in [6.45, 7) is 7.32. The normalized spacial score (nSPS) is 29.2. The van der Waals surface area contributed by atoms with E-state index >= 15 is 0 Å². The second kappa shape index (κ2) is 10.2. The third-order valence-electron chi connectivity index (χ3n) is 8.90. The Labute approximate surface area is 209 Å². The molecule has 5 heteroatoms. The second-order valence-corrected chi connectivity index (χ2v) is 11.0. The molecule has 2 aliphatic carbocycles. The Kier molecular flexibility index (Phi) is 7.06. The Morgan fingerprint density at radius 2 is 1.86 bits per heavy atom. The van der Waals surface area contributed by atoms with Crippen LogP contribution >= 0.6 is 0 Å². The van der Waals surface area contributed by atoms with E-state index in [0.717, 1.165) is 48.5 Å². The molecule has 4 atom stereocenters. The van der Waals surface area contributed by atoms with Crippen LogP contribution in [-0.2, 0) is 16.1 Å². The van der Waals surface area contributed by atoms with E-state index in [2.05, 4.69) is 26.0 Å². The Bertz CT molecular complexity index is 1010. The Morgan fingerprint density at radius 3 is 2.57 bits per heavy atom. The van der Waals surface area contributed by atoms with Crippen LogP contribution in [0.25, 0.3) is 0 Å². The third-order valence-corrected chi connectivity index (χ3v) is 8.90. The van der Waals surface area contributed by atoms with Gasteiger partial charge in [0.05, 0.1) is 20.3 Å². The number of hydrogen-bond acceptors (Lipinski definition) is 4. The van der Waals surface area contributed by atoms with Crippen molar-refractivity contribution >= 4 is 5.91 Å². The molecule has 2 aromatic carbocycles.